The number of anilines is 2. The molecule has 0 aliphatic rings. The van der Waals surface area contributed by atoms with Gasteiger partial charge in [0.05, 0.1) is 17.6 Å². The minimum absolute atomic E-state index is 0.155. The molecule has 25 heavy (non-hydrogen) atoms. The Hall–Kier alpha value is -3.43. The quantitative estimate of drug-likeness (QED) is 0.608. The van der Waals surface area contributed by atoms with E-state index in [4.69, 9.17) is 0 Å². The van der Waals surface area contributed by atoms with E-state index >= 15 is 0 Å². The van der Waals surface area contributed by atoms with Gasteiger partial charge in [0.25, 0.3) is 5.56 Å². The highest BCUT2D eigenvalue weighted by Gasteiger charge is 2.16. The predicted octanol–water partition coefficient (Wildman–Crippen LogP) is 4.06. The van der Waals surface area contributed by atoms with E-state index in [-0.39, 0.29) is 5.56 Å². The molecule has 4 rings (SSSR count). The highest BCUT2D eigenvalue weighted by molar-refractivity contribution is 7.20. The van der Waals surface area contributed by atoms with E-state index in [1.807, 2.05) is 36.4 Å². The van der Waals surface area contributed by atoms with Gasteiger partial charge < -0.3 is 5.32 Å². The van der Waals surface area contributed by atoms with Crippen LogP contribution in [0.2, 0.25) is 0 Å². The number of aromatic nitrogens is 2. The Kier molecular flexibility index (Phi) is 3.77. The number of nitrogens with zero attached hydrogens (tertiary/aromatic N) is 3. The maximum Gasteiger partial charge on any atom is 0.256 e. The number of para-hydroxylation sites is 1. The van der Waals surface area contributed by atoms with Crippen LogP contribution in [0.25, 0.3) is 15.9 Å². The highest BCUT2D eigenvalue weighted by atomic mass is 32.1. The van der Waals surface area contributed by atoms with Crippen molar-refractivity contribution in [2.75, 3.05) is 5.32 Å². The summed E-state index contributed by atoms with van der Waals surface area (Å²) in [6.45, 7) is 0. The molecule has 0 saturated heterocycles. The molecule has 3 aromatic heterocycles. The molecule has 120 valence electrons. The summed E-state index contributed by atoms with van der Waals surface area (Å²) in [4.78, 5) is 17.8. The van der Waals surface area contributed by atoms with Crippen LogP contribution in [0.4, 0.5) is 11.4 Å². The molecule has 5 nitrogen and oxygen atoms in total. The average molecular weight is 344 g/mol. The van der Waals surface area contributed by atoms with E-state index in [0.29, 0.717) is 16.3 Å². The van der Waals surface area contributed by atoms with Gasteiger partial charge in [-0.2, -0.15) is 5.26 Å². The van der Waals surface area contributed by atoms with Crippen molar-refractivity contribution in [2.45, 2.75) is 0 Å². The second-order valence-electron chi connectivity index (χ2n) is 5.35. The van der Waals surface area contributed by atoms with E-state index in [1.54, 1.807) is 29.1 Å². The van der Waals surface area contributed by atoms with Crippen LogP contribution >= 0.6 is 11.3 Å². The Morgan fingerprint density at radius 2 is 1.92 bits per heavy atom. The molecule has 1 aromatic carbocycles. The Labute approximate surface area is 147 Å². The summed E-state index contributed by atoms with van der Waals surface area (Å²) in [7, 11) is 0. The first-order valence-electron chi connectivity index (χ1n) is 7.59. The number of nitrogens with one attached hydrogen (secondary N) is 1. The first-order chi connectivity index (χ1) is 12.3. The van der Waals surface area contributed by atoms with Gasteiger partial charge in [-0.1, -0.05) is 18.2 Å². The van der Waals surface area contributed by atoms with Gasteiger partial charge in [0.1, 0.15) is 15.8 Å². The summed E-state index contributed by atoms with van der Waals surface area (Å²) in [5.41, 5.74) is 2.12. The number of hydrogen-bond acceptors (Lipinski definition) is 5. The van der Waals surface area contributed by atoms with Gasteiger partial charge in [0, 0.05) is 23.3 Å². The molecule has 6 heteroatoms. The first-order valence-corrected chi connectivity index (χ1v) is 8.41. The molecule has 4 aromatic rings. The minimum Gasteiger partial charge on any atom is -0.353 e. The van der Waals surface area contributed by atoms with Crippen LogP contribution < -0.4 is 10.9 Å². The maximum atomic E-state index is 12.4. The van der Waals surface area contributed by atoms with Crippen molar-refractivity contribution in [3.8, 4) is 11.8 Å². The fourth-order valence-corrected chi connectivity index (χ4v) is 3.75. The van der Waals surface area contributed by atoms with Gasteiger partial charge in [-0.15, -0.1) is 11.3 Å². The van der Waals surface area contributed by atoms with Crippen molar-refractivity contribution in [3.63, 3.8) is 0 Å². The molecule has 0 aliphatic carbocycles. The second kappa shape index (κ2) is 6.23. The smallest absolute Gasteiger partial charge is 0.256 e. The average Bonchev–Trinajstić information content (AvgIpc) is 3.00. The van der Waals surface area contributed by atoms with E-state index < -0.39 is 0 Å². The number of benzene rings is 1. The van der Waals surface area contributed by atoms with Crippen molar-refractivity contribution in [2.24, 2.45) is 0 Å². The van der Waals surface area contributed by atoms with Crippen molar-refractivity contribution < 1.29 is 0 Å². The molecule has 0 atom stereocenters. The van der Waals surface area contributed by atoms with Crippen LogP contribution in [0.5, 0.6) is 0 Å². The zero-order valence-corrected chi connectivity index (χ0v) is 13.8. The molecular weight excluding hydrogens is 332 g/mol. The summed E-state index contributed by atoms with van der Waals surface area (Å²) in [5, 5.41) is 13.7. The lowest BCUT2D eigenvalue weighted by Crippen LogP contribution is -2.16. The van der Waals surface area contributed by atoms with Crippen molar-refractivity contribution >= 4 is 32.9 Å². The van der Waals surface area contributed by atoms with E-state index in [0.717, 1.165) is 15.9 Å². The normalized spacial score (nSPS) is 10.5. The van der Waals surface area contributed by atoms with Crippen LogP contribution in [0.15, 0.2) is 71.8 Å². The molecule has 0 radical (unpaired) electrons. The summed E-state index contributed by atoms with van der Waals surface area (Å²) >= 11 is 1.29. The Bertz CT molecular complexity index is 1140. The van der Waals surface area contributed by atoms with Crippen molar-refractivity contribution in [1.29, 1.82) is 5.26 Å². The number of rotatable bonds is 3. The van der Waals surface area contributed by atoms with E-state index in [1.165, 1.54) is 17.4 Å². The largest absolute Gasteiger partial charge is 0.353 e. The van der Waals surface area contributed by atoms with Crippen molar-refractivity contribution in [1.82, 2.24) is 9.55 Å². The third-order valence-electron chi connectivity index (χ3n) is 3.79. The van der Waals surface area contributed by atoms with Crippen LogP contribution in [0, 0.1) is 11.3 Å². The zero-order valence-electron chi connectivity index (χ0n) is 13.0. The SMILES string of the molecule is N#Cc1sc2c(ccc(=O)n2-c2cccnc2)c1Nc1ccccc1. The summed E-state index contributed by atoms with van der Waals surface area (Å²) in [5.74, 6) is 0. The predicted molar refractivity (Wildman–Crippen MR) is 99.7 cm³/mol. The zero-order chi connectivity index (χ0) is 17.2. The number of nitriles is 1. The van der Waals surface area contributed by atoms with Gasteiger partial charge in [-0.25, -0.2) is 0 Å². The minimum atomic E-state index is -0.155. The van der Waals surface area contributed by atoms with Crippen LogP contribution in [0.1, 0.15) is 4.88 Å². The highest BCUT2D eigenvalue weighted by Crippen LogP contribution is 2.37. The third-order valence-corrected chi connectivity index (χ3v) is 4.89. The van der Waals surface area contributed by atoms with Crippen LogP contribution in [-0.4, -0.2) is 9.55 Å². The topological polar surface area (TPSA) is 70.7 Å². The fourth-order valence-electron chi connectivity index (χ4n) is 2.68. The molecular formula is C19H12N4OS. The number of fused-ring (bicyclic) bond motifs is 1. The monoisotopic (exact) mass is 344 g/mol. The van der Waals surface area contributed by atoms with Crippen LogP contribution in [0.3, 0.4) is 0 Å². The lowest BCUT2D eigenvalue weighted by atomic mass is 10.2. The van der Waals surface area contributed by atoms with Gasteiger partial charge in [-0.05, 0) is 30.3 Å². The number of thiophene rings is 1. The molecule has 3 heterocycles. The third kappa shape index (κ3) is 2.67. The summed E-state index contributed by atoms with van der Waals surface area (Å²) in [6.07, 6.45) is 3.29. The molecule has 0 bridgehead atoms. The Morgan fingerprint density at radius 3 is 2.64 bits per heavy atom. The van der Waals surface area contributed by atoms with Crippen LogP contribution in [-0.2, 0) is 0 Å². The number of pyridine rings is 2. The molecule has 0 aliphatic heterocycles. The van der Waals surface area contributed by atoms with Gasteiger partial charge in [0.15, 0.2) is 0 Å². The molecule has 1 N–H and O–H groups in total. The van der Waals surface area contributed by atoms with E-state index in [9.17, 15) is 10.1 Å². The molecule has 0 amide bonds. The molecule has 0 spiro atoms. The standard InChI is InChI=1S/C19H12N4OS/c20-11-16-18(22-13-5-2-1-3-6-13)15-8-9-17(24)23(19(15)25-16)14-7-4-10-21-12-14/h1-10,12,22H. The summed E-state index contributed by atoms with van der Waals surface area (Å²) in [6, 6.07) is 18.8. The fraction of sp³-hybridized carbons (Fsp3) is 0. The molecule has 0 unspecified atom stereocenters. The Balaban J connectivity index is 1.97. The van der Waals surface area contributed by atoms with Gasteiger partial charge >= 0.3 is 0 Å². The lowest BCUT2D eigenvalue weighted by Gasteiger charge is -2.08. The molecule has 0 fully saturated rings. The summed E-state index contributed by atoms with van der Waals surface area (Å²) < 4.78 is 1.59. The maximum absolute atomic E-state index is 12.4. The van der Waals surface area contributed by atoms with E-state index in [2.05, 4.69) is 16.4 Å². The lowest BCUT2D eigenvalue weighted by molar-refractivity contribution is 1.04. The Morgan fingerprint density at radius 1 is 1.08 bits per heavy atom. The van der Waals surface area contributed by atoms with Crippen molar-refractivity contribution in [3.05, 3.63) is 82.2 Å². The second-order valence-corrected chi connectivity index (χ2v) is 6.35. The van der Waals surface area contributed by atoms with Gasteiger partial charge in [0.2, 0.25) is 0 Å². The number of hydrogen-bond donors (Lipinski definition) is 1. The van der Waals surface area contributed by atoms with Gasteiger partial charge in [-0.3, -0.25) is 14.3 Å². The first kappa shape index (κ1) is 15.1. The molecule has 0 saturated carbocycles.